The standard InChI is InChI=1S/C9H14BrNOS/c1-7(13-2)9(12)11-5-3-4-8(10)6-11/h4,7H,3,5-6H2,1-2H3. The summed E-state index contributed by atoms with van der Waals surface area (Å²) in [7, 11) is 0. The monoisotopic (exact) mass is 263 g/mol. The van der Waals surface area contributed by atoms with Crippen LogP contribution < -0.4 is 0 Å². The summed E-state index contributed by atoms with van der Waals surface area (Å²) < 4.78 is 1.13. The predicted octanol–water partition coefficient (Wildman–Crippen LogP) is 2.25. The molecule has 0 saturated carbocycles. The Morgan fingerprint density at radius 3 is 3.00 bits per heavy atom. The SMILES string of the molecule is CSC(C)C(=O)N1CCC=C(Br)C1. The second kappa shape index (κ2) is 5.05. The molecule has 0 N–H and O–H groups in total. The van der Waals surface area contributed by atoms with Gasteiger partial charge in [0.15, 0.2) is 0 Å². The maximum absolute atomic E-state index is 11.7. The first-order chi connectivity index (χ1) is 6.15. The maximum Gasteiger partial charge on any atom is 0.235 e. The number of nitrogens with zero attached hydrogens (tertiary/aromatic N) is 1. The third kappa shape index (κ3) is 3.02. The number of thioether (sulfide) groups is 1. The van der Waals surface area contributed by atoms with E-state index in [4.69, 9.17) is 0 Å². The molecule has 0 radical (unpaired) electrons. The molecule has 0 aromatic carbocycles. The Morgan fingerprint density at radius 2 is 2.46 bits per heavy atom. The van der Waals surface area contributed by atoms with Crippen molar-refractivity contribution >= 4 is 33.6 Å². The van der Waals surface area contributed by atoms with Crippen LogP contribution in [0.15, 0.2) is 10.6 Å². The van der Waals surface area contributed by atoms with Crippen molar-refractivity contribution in [3.63, 3.8) is 0 Å². The lowest BCUT2D eigenvalue weighted by molar-refractivity contribution is -0.129. The third-order valence-corrected chi connectivity index (χ3v) is 3.60. The molecule has 0 aromatic rings. The lowest BCUT2D eigenvalue weighted by Gasteiger charge is -2.27. The number of carbonyl (C=O) groups excluding carboxylic acids is 1. The zero-order valence-corrected chi connectivity index (χ0v) is 10.3. The molecule has 1 heterocycles. The van der Waals surface area contributed by atoms with Crippen molar-refractivity contribution in [1.82, 2.24) is 4.90 Å². The van der Waals surface area contributed by atoms with Gasteiger partial charge in [0.05, 0.1) is 11.8 Å². The first kappa shape index (κ1) is 11.1. The summed E-state index contributed by atoms with van der Waals surface area (Å²) in [5.41, 5.74) is 0. The van der Waals surface area contributed by atoms with Crippen LogP contribution in [-0.4, -0.2) is 35.4 Å². The second-order valence-corrected chi connectivity index (χ2v) is 5.27. The number of rotatable bonds is 2. The molecule has 0 fully saturated rings. The summed E-state index contributed by atoms with van der Waals surface area (Å²) in [5, 5.41) is 0.0819. The van der Waals surface area contributed by atoms with E-state index in [0.29, 0.717) is 0 Å². The van der Waals surface area contributed by atoms with Crippen molar-refractivity contribution in [3.8, 4) is 0 Å². The van der Waals surface area contributed by atoms with Crippen LogP contribution >= 0.6 is 27.7 Å². The van der Waals surface area contributed by atoms with Crippen molar-refractivity contribution < 1.29 is 4.79 Å². The highest BCUT2D eigenvalue weighted by molar-refractivity contribution is 9.11. The normalized spacial score (nSPS) is 19.6. The average molecular weight is 264 g/mol. The van der Waals surface area contributed by atoms with Gasteiger partial charge in [0.1, 0.15) is 0 Å². The number of hydrogen-bond donors (Lipinski definition) is 0. The van der Waals surface area contributed by atoms with Gasteiger partial charge < -0.3 is 4.90 Å². The summed E-state index contributed by atoms with van der Waals surface area (Å²) in [4.78, 5) is 13.6. The van der Waals surface area contributed by atoms with Crippen LogP contribution in [0.4, 0.5) is 0 Å². The largest absolute Gasteiger partial charge is 0.337 e. The van der Waals surface area contributed by atoms with Gasteiger partial charge in [-0.2, -0.15) is 11.8 Å². The maximum atomic E-state index is 11.7. The molecule has 0 spiro atoms. The highest BCUT2D eigenvalue weighted by Crippen LogP contribution is 2.18. The average Bonchev–Trinajstić information content (AvgIpc) is 2.15. The van der Waals surface area contributed by atoms with Crippen LogP contribution in [-0.2, 0) is 4.79 Å². The minimum absolute atomic E-state index is 0.0819. The topological polar surface area (TPSA) is 20.3 Å². The van der Waals surface area contributed by atoms with Gasteiger partial charge in [0.25, 0.3) is 0 Å². The van der Waals surface area contributed by atoms with E-state index in [0.717, 1.165) is 24.0 Å². The first-order valence-corrected chi connectivity index (χ1v) is 6.39. The molecule has 1 unspecified atom stereocenters. The Balaban J connectivity index is 2.53. The van der Waals surface area contributed by atoms with E-state index >= 15 is 0 Å². The molecule has 0 aliphatic carbocycles. The quantitative estimate of drug-likeness (QED) is 0.762. The fourth-order valence-electron chi connectivity index (χ4n) is 1.25. The van der Waals surface area contributed by atoms with Crippen LogP contribution in [0.5, 0.6) is 0 Å². The molecule has 1 aliphatic heterocycles. The van der Waals surface area contributed by atoms with Crippen molar-refractivity contribution in [1.29, 1.82) is 0 Å². The minimum Gasteiger partial charge on any atom is -0.337 e. The number of carbonyl (C=O) groups is 1. The van der Waals surface area contributed by atoms with Crippen LogP contribution in [0.1, 0.15) is 13.3 Å². The molecular weight excluding hydrogens is 250 g/mol. The van der Waals surface area contributed by atoms with Gasteiger partial charge in [-0.25, -0.2) is 0 Å². The van der Waals surface area contributed by atoms with Crippen molar-refractivity contribution in [3.05, 3.63) is 10.6 Å². The smallest absolute Gasteiger partial charge is 0.235 e. The molecule has 1 aliphatic rings. The van der Waals surface area contributed by atoms with Gasteiger partial charge in [-0.3, -0.25) is 4.79 Å². The summed E-state index contributed by atoms with van der Waals surface area (Å²) in [5.74, 6) is 0.248. The van der Waals surface area contributed by atoms with Crippen LogP contribution in [0.2, 0.25) is 0 Å². The summed E-state index contributed by atoms with van der Waals surface area (Å²) in [6, 6.07) is 0. The van der Waals surface area contributed by atoms with Gasteiger partial charge in [-0.1, -0.05) is 22.0 Å². The first-order valence-electron chi connectivity index (χ1n) is 4.31. The molecule has 4 heteroatoms. The number of hydrogen-bond acceptors (Lipinski definition) is 2. The van der Waals surface area contributed by atoms with Crippen molar-refractivity contribution in [2.75, 3.05) is 19.3 Å². The van der Waals surface area contributed by atoms with E-state index in [1.54, 1.807) is 11.8 Å². The van der Waals surface area contributed by atoms with E-state index in [1.165, 1.54) is 0 Å². The Kier molecular flexibility index (Phi) is 4.32. The summed E-state index contributed by atoms with van der Waals surface area (Å²) in [6.45, 7) is 3.56. The summed E-state index contributed by atoms with van der Waals surface area (Å²) in [6.07, 6.45) is 5.07. The molecule has 13 heavy (non-hydrogen) atoms. The lowest BCUT2D eigenvalue weighted by Crippen LogP contribution is -2.39. The van der Waals surface area contributed by atoms with E-state index in [2.05, 4.69) is 22.0 Å². The predicted molar refractivity (Wildman–Crippen MR) is 61.2 cm³/mol. The number of amides is 1. The Hall–Kier alpha value is 0.0400. The van der Waals surface area contributed by atoms with Crippen LogP contribution in [0.25, 0.3) is 0 Å². The molecule has 1 amide bonds. The van der Waals surface area contributed by atoms with Crippen LogP contribution in [0, 0.1) is 0 Å². The van der Waals surface area contributed by atoms with Crippen molar-refractivity contribution in [2.45, 2.75) is 18.6 Å². The summed E-state index contributed by atoms with van der Waals surface area (Å²) >= 11 is 5.03. The van der Waals surface area contributed by atoms with Crippen molar-refractivity contribution in [2.24, 2.45) is 0 Å². The molecule has 1 atom stereocenters. The Labute approximate surface area is 91.9 Å². The molecule has 0 aromatic heterocycles. The van der Waals surface area contributed by atoms with E-state index in [-0.39, 0.29) is 11.2 Å². The molecule has 0 bridgehead atoms. The molecule has 2 nitrogen and oxygen atoms in total. The molecule has 0 saturated heterocycles. The lowest BCUT2D eigenvalue weighted by atomic mass is 10.2. The Bertz CT molecular complexity index is 230. The number of halogens is 1. The van der Waals surface area contributed by atoms with Gasteiger partial charge in [0.2, 0.25) is 5.91 Å². The van der Waals surface area contributed by atoms with Crippen LogP contribution in [0.3, 0.4) is 0 Å². The zero-order chi connectivity index (χ0) is 9.84. The second-order valence-electron chi connectivity index (χ2n) is 3.08. The van der Waals surface area contributed by atoms with E-state index in [9.17, 15) is 4.79 Å². The molecular formula is C9H14BrNOS. The van der Waals surface area contributed by atoms with Gasteiger partial charge in [-0.15, -0.1) is 0 Å². The van der Waals surface area contributed by atoms with Gasteiger partial charge in [-0.05, 0) is 19.6 Å². The van der Waals surface area contributed by atoms with Gasteiger partial charge >= 0.3 is 0 Å². The fraction of sp³-hybridized carbons (Fsp3) is 0.667. The molecule has 1 rings (SSSR count). The van der Waals surface area contributed by atoms with E-state index in [1.807, 2.05) is 18.1 Å². The fourth-order valence-corrected chi connectivity index (χ4v) is 2.13. The minimum atomic E-state index is 0.0819. The Morgan fingerprint density at radius 1 is 1.77 bits per heavy atom. The third-order valence-electron chi connectivity index (χ3n) is 2.12. The highest BCUT2D eigenvalue weighted by Gasteiger charge is 2.21. The zero-order valence-electron chi connectivity index (χ0n) is 7.92. The molecule has 74 valence electrons. The highest BCUT2D eigenvalue weighted by atomic mass is 79.9. The van der Waals surface area contributed by atoms with E-state index < -0.39 is 0 Å². The van der Waals surface area contributed by atoms with Gasteiger partial charge in [0, 0.05) is 11.0 Å².